The van der Waals surface area contributed by atoms with Crippen molar-refractivity contribution in [3.63, 3.8) is 0 Å². The van der Waals surface area contributed by atoms with Gasteiger partial charge in [0, 0.05) is 38.2 Å². The normalized spacial score (nSPS) is 11.4. The van der Waals surface area contributed by atoms with Crippen LogP contribution < -0.4 is 10.5 Å². The van der Waals surface area contributed by atoms with E-state index in [0.717, 1.165) is 30.3 Å². The first kappa shape index (κ1) is 17.7. The highest BCUT2D eigenvalue weighted by Gasteiger charge is 2.41. The van der Waals surface area contributed by atoms with Crippen LogP contribution in [-0.4, -0.2) is 36.2 Å². The Morgan fingerprint density at radius 2 is 1.43 bits per heavy atom. The average Bonchev–Trinajstić information content (AvgIpc) is 2.63. The zero-order valence-electron chi connectivity index (χ0n) is 13.8. The van der Waals surface area contributed by atoms with Crippen molar-refractivity contribution in [2.24, 2.45) is 0 Å². The predicted molar refractivity (Wildman–Crippen MR) is 96.0 cm³/mol. The minimum absolute atomic E-state index is 0.624. The Labute approximate surface area is 139 Å². The lowest BCUT2D eigenvalue weighted by Crippen LogP contribution is -2.55. The molecule has 1 N–H and O–H groups in total. The summed E-state index contributed by atoms with van der Waals surface area (Å²) in [6, 6.07) is 20.1. The van der Waals surface area contributed by atoms with Crippen LogP contribution in [0.25, 0.3) is 0 Å². The van der Waals surface area contributed by atoms with E-state index in [1.807, 2.05) is 48.5 Å². The summed E-state index contributed by atoms with van der Waals surface area (Å²) in [5.41, 5.74) is 1.15. The van der Waals surface area contributed by atoms with Gasteiger partial charge < -0.3 is 18.6 Å². The molecular formula is C18H25NO3Si. The molecule has 0 radical (unpaired) electrons. The smallest absolute Gasteiger partial charge is 0.385 e. The van der Waals surface area contributed by atoms with Gasteiger partial charge in [0.1, 0.15) is 0 Å². The molecule has 0 spiro atoms. The molecule has 2 aromatic rings. The molecule has 0 atom stereocenters. The lowest BCUT2D eigenvalue weighted by Gasteiger charge is -2.26. The van der Waals surface area contributed by atoms with Crippen molar-refractivity contribution >= 4 is 19.7 Å². The Morgan fingerprint density at radius 3 is 2.04 bits per heavy atom. The Bertz CT molecular complexity index is 547. The molecule has 4 nitrogen and oxygen atoms in total. The van der Waals surface area contributed by atoms with Crippen molar-refractivity contribution in [3.8, 4) is 0 Å². The zero-order chi connectivity index (χ0) is 16.4. The third kappa shape index (κ3) is 5.18. The van der Waals surface area contributed by atoms with Crippen LogP contribution in [0.5, 0.6) is 0 Å². The maximum atomic E-state index is 6.03. The second-order valence-electron chi connectivity index (χ2n) is 5.18. The first-order valence-corrected chi connectivity index (χ1v) is 9.62. The van der Waals surface area contributed by atoms with Gasteiger partial charge in [0.2, 0.25) is 0 Å². The van der Waals surface area contributed by atoms with Crippen LogP contribution in [0.4, 0.5) is 5.69 Å². The molecule has 0 unspecified atom stereocenters. The van der Waals surface area contributed by atoms with Gasteiger partial charge in [-0.25, -0.2) is 0 Å². The fourth-order valence-corrected chi connectivity index (χ4v) is 4.44. The van der Waals surface area contributed by atoms with Gasteiger partial charge in [-0.05, 0) is 25.0 Å². The molecule has 0 aliphatic rings. The highest BCUT2D eigenvalue weighted by Crippen LogP contribution is 2.10. The van der Waals surface area contributed by atoms with Crippen molar-refractivity contribution in [2.45, 2.75) is 12.8 Å². The van der Waals surface area contributed by atoms with E-state index in [1.165, 1.54) is 0 Å². The van der Waals surface area contributed by atoms with Gasteiger partial charge in [-0.3, -0.25) is 0 Å². The third-order valence-electron chi connectivity index (χ3n) is 3.63. The molecule has 0 bridgehead atoms. The van der Waals surface area contributed by atoms with E-state index in [2.05, 4.69) is 17.4 Å². The Morgan fingerprint density at radius 1 is 0.826 bits per heavy atom. The number of rotatable bonds is 10. The zero-order valence-corrected chi connectivity index (χ0v) is 14.8. The van der Waals surface area contributed by atoms with E-state index in [0.29, 0.717) is 6.61 Å². The molecule has 23 heavy (non-hydrogen) atoms. The Balaban J connectivity index is 1.75. The van der Waals surface area contributed by atoms with Gasteiger partial charge in [0.25, 0.3) is 0 Å². The SMILES string of the molecule is CO[Si](OC)(OCCCCNc1ccccc1)c1ccccc1. The summed E-state index contributed by atoms with van der Waals surface area (Å²) in [6.45, 7) is 1.55. The molecule has 2 rings (SSSR count). The van der Waals surface area contributed by atoms with Crippen LogP contribution in [0.3, 0.4) is 0 Å². The van der Waals surface area contributed by atoms with Gasteiger partial charge in [-0.2, -0.15) is 0 Å². The minimum Gasteiger partial charge on any atom is -0.385 e. The van der Waals surface area contributed by atoms with Crippen molar-refractivity contribution in [1.82, 2.24) is 0 Å². The first-order chi connectivity index (χ1) is 11.3. The molecule has 0 fully saturated rings. The summed E-state index contributed by atoms with van der Waals surface area (Å²) in [5, 5.41) is 4.39. The number of anilines is 1. The van der Waals surface area contributed by atoms with Crippen LogP contribution in [0.2, 0.25) is 0 Å². The number of unbranched alkanes of at least 4 members (excludes halogenated alkanes) is 1. The summed E-state index contributed by atoms with van der Waals surface area (Å²) >= 11 is 0. The van der Waals surface area contributed by atoms with Crippen LogP contribution >= 0.6 is 0 Å². The van der Waals surface area contributed by atoms with Gasteiger partial charge in [-0.15, -0.1) is 0 Å². The van der Waals surface area contributed by atoms with E-state index < -0.39 is 8.80 Å². The molecule has 2 aromatic carbocycles. The first-order valence-electron chi connectivity index (χ1n) is 7.89. The van der Waals surface area contributed by atoms with Gasteiger partial charge >= 0.3 is 8.80 Å². The third-order valence-corrected chi connectivity index (χ3v) is 6.33. The van der Waals surface area contributed by atoms with E-state index in [4.69, 9.17) is 13.3 Å². The molecule has 0 aliphatic heterocycles. The summed E-state index contributed by atoms with van der Waals surface area (Å²) < 4.78 is 17.3. The average molecular weight is 331 g/mol. The number of para-hydroxylation sites is 1. The number of hydrogen-bond acceptors (Lipinski definition) is 4. The van der Waals surface area contributed by atoms with Crippen molar-refractivity contribution in [3.05, 3.63) is 60.7 Å². The highest BCUT2D eigenvalue weighted by atomic mass is 28.4. The van der Waals surface area contributed by atoms with Gasteiger partial charge in [-0.1, -0.05) is 48.5 Å². The second-order valence-corrected chi connectivity index (χ2v) is 7.97. The molecule has 0 aromatic heterocycles. The molecule has 5 heteroatoms. The molecule has 0 aliphatic carbocycles. The predicted octanol–water partition coefficient (Wildman–Crippen LogP) is 3.03. The van der Waals surface area contributed by atoms with Crippen molar-refractivity contribution in [1.29, 1.82) is 0 Å². The lowest BCUT2D eigenvalue weighted by atomic mass is 10.3. The molecule has 0 saturated heterocycles. The Kier molecular flexibility index (Phi) is 7.28. The standard InChI is InChI=1S/C18H25NO3Si/c1-20-23(21-2,18-13-7-4-8-14-18)22-16-10-9-15-19-17-11-5-3-6-12-17/h3-8,11-14,19H,9-10,15-16H2,1-2H3. The molecule has 0 amide bonds. The summed E-state index contributed by atoms with van der Waals surface area (Å²) in [7, 11) is 0.541. The van der Waals surface area contributed by atoms with E-state index in [9.17, 15) is 0 Å². The van der Waals surface area contributed by atoms with E-state index >= 15 is 0 Å². The highest BCUT2D eigenvalue weighted by molar-refractivity contribution is 6.75. The summed E-state index contributed by atoms with van der Waals surface area (Å²) in [6.07, 6.45) is 1.98. The largest absolute Gasteiger partial charge is 0.536 e. The topological polar surface area (TPSA) is 39.7 Å². The fraction of sp³-hybridized carbons (Fsp3) is 0.333. The number of nitrogens with one attached hydrogen (secondary N) is 1. The quantitative estimate of drug-likeness (QED) is 0.537. The van der Waals surface area contributed by atoms with Crippen LogP contribution in [0, 0.1) is 0 Å². The van der Waals surface area contributed by atoms with Crippen molar-refractivity contribution in [2.75, 3.05) is 32.7 Å². The molecule has 0 heterocycles. The summed E-state index contributed by atoms with van der Waals surface area (Å²) in [5.74, 6) is 0. The number of benzene rings is 2. The minimum atomic E-state index is -2.76. The maximum absolute atomic E-state index is 6.03. The monoisotopic (exact) mass is 331 g/mol. The Hall–Kier alpha value is -1.66. The molecular weight excluding hydrogens is 306 g/mol. The summed E-state index contributed by atoms with van der Waals surface area (Å²) in [4.78, 5) is 0. The van der Waals surface area contributed by atoms with E-state index in [1.54, 1.807) is 14.2 Å². The van der Waals surface area contributed by atoms with Gasteiger partial charge in [0.05, 0.1) is 0 Å². The molecule has 124 valence electrons. The number of hydrogen-bond donors (Lipinski definition) is 1. The van der Waals surface area contributed by atoms with Crippen LogP contribution in [0.15, 0.2) is 60.7 Å². The molecule has 0 saturated carbocycles. The lowest BCUT2D eigenvalue weighted by molar-refractivity contribution is 0.112. The van der Waals surface area contributed by atoms with Crippen LogP contribution in [0.1, 0.15) is 12.8 Å². The van der Waals surface area contributed by atoms with Crippen molar-refractivity contribution < 1.29 is 13.3 Å². The fourth-order valence-electron chi connectivity index (χ4n) is 2.38. The van der Waals surface area contributed by atoms with Gasteiger partial charge in [0.15, 0.2) is 0 Å². The van der Waals surface area contributed by atoms with E-state index in [-0.39, 0.29) is 0 Å². The maximum Gasteiger partial charge on any atom is 0.536 e. The second kappa shape index (κ2) is 9.47. The van der Waals surface area contributed by atoms with Crippen LogP contribution in [-0.2, 0) is 13.3 Å².